The van der Waals surface area contributed by atoms with Crippen LogP contribution in [0.4, 0.5) is 5.69 Å². The van der Waals surface area contributed by atoms with Crippen LogP contribution in [0.2, 0.25) is 0 Å². The predicted molar refractivity (Wildman–Crippen MR) is 165 cm³/mol. The molecule has 5 nitrogen and oxygen atoms in total. The maximum atomic E-state index is 12.0. The smallest absolute Gasteiger partial charge is 0.321 e. The van der Waals surface area contributed by atoms with Gasteiger partial charge in [-0.05, 0) is 59.6 Å². The SMILES string of the molecule is CCCC(CCC)c1ccc(NCc2ccc(-c3csc(CN4Cc5ccccc5C[C@H]4C(=O)O)n3)cc2)cc1. The molecule has 208 valence electrons. The fraction of sp³-hybridized carbons (Fsp3) is 0.353. The zero-order valence-electron chi connectivity index (χ0n) is 23.5. The van der Waals surface area contributed by atoms with Crippen LogP contribution in [0, 0.1) is 0 Å². The van der Waals surface area contributed by atoms with Gasteiger partial charge < -0.3 is 10.4 Å². The summed E-state index contributed by atoms with van der Waals surface area (Å²) in [5.41, 5.74) is 8.16. The van der Waals surface area contributed by atoms with E-state index in [0.717, 1.165) is 34.1 Å². The number of carboxylic acids is 1. The summed E-state index contributed by atoms with van der Waals surface area (Å²) in [5.74, 6) is -0.110. The third-order valence-corrected chi connectivity index (χ3v) is 8.76. The Morgan fingerprint density at radius 3 is 2.38 bits per heavy atom. The molecule has 2 heterocycles. The van der Waals surface area contributed by atoms with E-state index in [-0.39, 0.29) is 0 Å². The Morgan fingerprint density at radius 2 is 1.70 bits per heavy atom. The number of aliphatic carboxylic acids is 1. The summed E-state index contributed by atoms with van der Waals surface area (Å²) < 4.78 is 0. The van der Waals surface area contributed by atoms with Gasteiger partial charge in [0, 0.05) is 29.7 Å². The van der Waals surface area contributed by atoms with Gasteiger partial charge in [-0.25, -0.2) is 4.98 Å². The normalized spacial score (nSPS) is 15.2. The van der Waals surface area contributed by atoms with Crippen molar-refractivity contribution in [1.82, 2.24) is 9.88 Å². The van der Waals surface area contributed by atoms with Crippen LogP contribution in [0.15, 0.2) is 78.2 Å². The molecule has 0 aliphatic carbocycles. The number of carbonyl (C=O) groups is 1. The molecule has 1 aromatic heterocycles. The summed E-state index contributed by atoms with van der Waals surface area (Å²) in [6.45, 7) is 6.46. The number of hydrogen-bond acceptors (Lipinski definition) is 5. The zero-order valence-corrected chi connectivity index (χ0v) is 24.3. The minimum absolute atomic E-state index is 0.528. The van der Waals surface area contributed by atoms with E-state index in [1.807, 2.05) is 23.1 Å². The molecule has 0 bridgehead atoms. The number of thiazole rings is 1. The molecule has 0 spiro atoms. The number of anilines is 1. The second kappa shape index (κ2) is 13.2. The first-order valence-electron chi connectivity index (χ1n) is 14.4. The van der Waals surface area contributed by atoms with E-state index in [2.05, 4.69) is 79.1 Å². The van der Waals surface area contributed by atoms with Crippen molar-refractivity contribution in [3.05, 3.63) is 105 Å². The summed E-state index contributed by atoms with van der Waals surface area (Å²) in [7, 11) is 0. The highest BCUT2D eigenvalue weighted by Crippen LogP contribution is 2.29. The van der Waals surface area contributed by atoms with Crippen LogP contribution in [-0.4, -0.2) is 27.0 Å². The fourth-order valence-electron chi connectivity index (χ4n) is 5.72. The second-order valence-electron chi connectivity index (χ2n) is 10.8. The summed E-state index contributed by atoms with van der Waals surface area (Å²) in [6, 6.07) is 25.1. The number of benzene rings is 3. The quantitative estimate of drug-likeness (QED) is 0.185. The van der Waals surface area contributed by atoms with Crippen LogP contribution in [0.25, 0.3) is 11.3 Å². The maximum Gasteiger partial charge on any atom is 0.321 e. The molecule has 4 aromatic rings. The third kappa shape index (κ3) is 6.80. The van der Waals surface area contributed by atoms with Crippen molar-refractivity contribution in [2.45, 2.75) is 77.5 Å². The molecule has 2 N–H and O–H groups in total. The van der Waals surface area contributed by atoms with E-state index in [0.29, 0.717) is 25.4 Å². The lowest BCUT2D eigenvalue weighted by molar-refractivity contribution is -0.144. The minimum Gasteiger partial charge on any atom is -0.480 e. The minimum atomic E-state index is -0.774. The van der Waals surface area contributed by atoms with E-state index in [1.165, 1.54) is 42.4 Å². The second-order valence-corrected chi connectivity index (χ2v) is 11.7. The standard InChI is InChI=1S/C34H39N3O2S/c1-3-7-25(8-4-2)26-15-17-30(18-16-26)35-20-24-11-13-27(14-12-24)31-23-40-33(36-31)22-37-21-29-10-6-5-9-28(29)19-32(37)34(38)39/h5-6,9-18,23,25,32,35H,3-4,7-8,19-22H2,1-2H3,(H,38,39)/t32-/m0/s1. The van der Waals surface area contributed by atoms with E-state index in [4.69, 9.17) is 4.98 Å². The van der Waals surface area contributed by atoms with Gasteiger partial charge in [-0.3, -0.25) is 9.69 Å². The highest BCUT2D eigenvalue weighted by molar-refractivity contribution is 7.09. The van der Waals surface area contributed by atoms with Crippen molar-refractivity contribution < 1.29 is 9.90 Å². The number of carboxylic acid groups (broad SMARTS) is 1. The topological polar surface area (TPSA) is 65.5 Å². The summed E-state index contributed by atoms with van der Waals surface area (Å²) in [5, 5.41) is 16.4. The first-order chi connectivity index (χ1) is 19.5. The molecule has 1 aliphatic rings. The van der Waals surface area contributed by atoms with E-state index >= 15 is 0 Å². The third-order valence-electron chi connectivity index (χ3n) is 7.92. The van der Waals surface area contributed by atoms with Crippen LogP contribution in [-0.2, 0) is 30.8 Å². The Labute approximate surface area is 241 Å². The van der Waals surface area contributed by atoms with Gasteiger partial charge in [-0.2, -0.15) is 0 Å². The molecule has 0 fully saturated rings. The zero-order chi connectivity index (χ0) is 27.9. The first kappa shape index (κ1) is 28.1. The summed E-state index contributed by atoms with van der Waals surface area (Å²) in [6.07, 6.45) is 5.48. The van der Waals surface area contributed by atoms with Crippen molar-refractivity contribution in [2.75, 3.05) is 5.32 Å². The molecule has 6 heteroatoms. The van der Waals surface area contributed by atoms with Gasteiger partial charge >= 0.3 is 5.97 Å². The Morgan fingerprint density at radius 1 is 1.00 bits per heavy atom. The number of nitrogens with zero attached hydrogens (tertiary/aromatic N) is 2. The summed E-state index contributed by atoms with van der Waals surface area (Å²) in [4.78, 5) is 18.9. The van der Waals surface area contributed by atoms with Gasteiger partial charge in [0.05, 0.1) is 12.2 Å². The predicted octanol–water partition coefficient (Wildman–Crippen LogP) is 8.12. The van der Waals surface area contributed by atoms with Gasteiger partial charge in [0.25, 0.3) is 0 Å². The maximum absolute atomic E-state index is 12.0. The van der Waals surface area contributed by atoms with E-state index in [9.17, 15) is 9.90 Å². The van der Waals surface area contributed by atoms with Crippen molar-refractivity contribution in [3.8, 4) is 11.3 Å². The number of aromatic nitrogens is 1. The highest BCUT2D eigenvalue weighted by atomic mass is 32.1. The molecule has 0 amide bonds. The van der Waals surface area contributed by atoms with Gasteiger partial charge in [0.15, 0.2) is 0 Å². The molecule has 1 aliphatic heterocycles. The van der Waals surface area contributed by atoms with Crippen molar-refractivity contribution in [1.29, 1.82) is 0 Å². The largest absolute Gasteiger partial charge is 0.480 e. The molecule has 0 saturated carbocycles. The van der Waals surface area contributed by atoms with Gasteiger partial charge in [-0.1, -0.05) is 87.4 Å². The Balaban J connectivity index is 1.18. The molecular weight excluding hydrogens is 514 g/mol. The molecule has 0 unspecified atom stereocenters. The number of rotatable bonds is 12. The molecule has 1 atom stereocenters. The van der Waals surface area contributed by atoms with Crippen molar-refractivity contribution in [2.24, 2.45) is 0 Å². The lowest BCUT2D eigenvalue weighted by atomic mass is 9.90. The average Bonchev–Trinajstić information content (AvgIpc) is 3.44. The Bertz CT molecular complexity index is 1390. The highest BCUT2D eigenvalue weighted by Gasteiger charge is 2.31. The van der Waals surface area contributed by atoms with Gasteiger partial charge in [-0.15, -0.1) is 11.3 Å². The summed E-state index contributed by atoms with van der Waals surface area (Å²) >= 11 is 1.60. The van der Waals surface area contributed by atoms with E-state index in [1.54, 1.807) is 11.3 Å². The first-order valence-corrected chi connectivity index (χ1v) is 15.3. The molecule has 5 rings (SSSR count). The Hall–Kier alpha value is -3.48. The van der Waals surface area contributed by atoms with Crippen LogP contribution >= 0.6 is 11.3 Å². The molecular formula is C34H39N3O2S. The molecule has 0 saturated heterocycles. The van der Waals surface area contributed by atoms with Crippen molar-refractivity contribution >= 4 is 23.0 Å². The lowest BCUT2D eigenvalue weighted by Crippen LogP contribution is -2.44. The Kier molecular flexibility index (Phi) is 9.30. The van der Waals surface area contributed by atoms with Crippen LogP contribution in [0.5, 0.6) is 0 Å². The van der Waals surface area contributed by atoms with Crippen molar-refractivity contribution in [3.63, 3.8) is 0 Å². The lowest BCUT2D eigenvalue weighted by Gasteiger charge is -2.33. The van der Waals surface area contributed by atoms with E-state index < -0.39 is 12.0 Å². The number of fused-ring (bicyclic) bond motifs is 1. The average molecular weight is 554 g/mol. The van der Waals surface area contributed by atoms with Crippen LogP contribution in [0.1, 0.15) is 72.7 Å². The monoisotopic (exact) mass is 553 g/mol. The van der Waals surface area contributed by atoms with Crippen LogP contribution in [0.3, 0.4) is 0 Å². The molecule has 40 heavy (non-hydrogen) atoms. The molecule has 0 radical (unpaired) electrons. The fourth-order valence-corrected chi connectivity index (χ4v) is 6.55. The van der Waals surface area contributed by atoms with Gasteiger partial charge in [0.2, 0.25) is 0 Å². The number of nitrogens with one attached hydrogen (secondary N) is 1. The number of hydrogen-bond donors (Lipinski definition) is 2. The van der Waals surface area contributed by atoms with Gasteiger partial charge in [0.1, 0.15) is 11.0 Å². The molecule has 3 aromatic carbocycles. The van der Waals surface area contributed by atoms with Crippen LogP contribution < -0.4 is 5.32 Å².